The number of carbonyl (C=O) groups excluding carboxylic acids is 1. The lowest BCUT2D eigenvalue weighted by atomic mass is 10.0. The van der Waals surface area contributed by atoms with E-state index in [4.69, 9.17) is 11.6 Å². The summed E-state index contributed by atoms with van der Waals surface area (Å²) >= 11 is 7.77. The number of hydrogen-bond acceptors (Lipinski definition) is 1. The minimum atomic E-state index is -0.736. The quantitative estimate of drug-likeness (QED) is 0.532. The molecule has 0 bridgehead atoms. The molecule has 5 heteroatoms. The van der Waals surface area contributed by atoms with Crippen LogP contribution in [-0.4, -0.2) is 5.78 Å². The topological polar surface area (TPSA) is 17.1 Å². The average Bonchev–Trinajstić information content (AvgIpc) is 2.36. The fourth-order valence-corrected chi connectivity index (χ4v) is 2.39. The van der Waals surface area contributed by atoms with Crippen LogP contribution in [0.2, 0.25) is 5.02 Å². The molecule has 98 valence electrons. The Morgan fingerprint density at radius 2 is 1.79 bits per heavy atom. The molecular formula is C14H8ClF2IO. The number of ketones is 1. The molecule has 0 aliphatic heterocycles. The Kier molecular flexibility index (Phi) is 4.20. The van der Waals surface area contributed by atoms with Crippen LogP contribution in [0.5, 0.6) is 0 Å². The van der Waals surface area contributed by atoms with Crippen LogP contribution in [0.25, 0.3) is 0 Å². The molecule has 0 saturated carbocycles. The van der Waals surface area contributed by atoms with E-state index < -0.39 is 17.4 Å². The highest BCUT2D eigenvalue weighted by atomic mass is 127. The van der Waals surface area contributed by atoms with Crippen LogP contribution in [0.4, 0.5) is 8.78 Å². The van der Waals surface area contributed by atoms with Crippen LogP contribution >= 0.6 is 34.2 Å². The third-order valence-corrected chi connectivity index (χ3v) is 3.84. The van der Waals surface area contributed by atoms with E-state index in [9.17, 15) is 13.6 Å². The van der Waals surface area contributed by atoms with Gasteiger partial charge in [-0.3, -0.25) is 4.79 Å². The largest absolute Gasteiger partial charge is 0.288 e. The van der Waals surface area contributed by atoms with Crippen LogP contribution in [0, 0.1) is 22.1 Å². The van der Waals surface area contributed by atoms with E-state index in [-0.39, 0.29) is 16.7 Å². The van der Waals surface area contributed by atoms with Crippen LogP contribution in [-0.2, 0) is 0 Å². The lowest BCUT2D eigenvalue weighted by Crippen LogP contribution is -2.07. The molecule has 0 aliphatic carbocycles. The summed E-state index contributed by atoms with van der Waals surface area (Å²) in [6.07, 6.45) is 0. The van der Waals surface area contributed by atoms with Gasteiger partial charge in [0.2, 0.25) is 0 Å². The molecule has 0 unspecified atom stereocenters. The summed E-state index contributed by atoms with van der Waals surface area (Å²) in [6, 6.07) is 6.66. The Labute approximate surface area is 127 Å². The first kappa shape index (κ1) is 14.4. The zero-order chi connectivity index (χ0) is 14.2. The van der Waals surface area contributed by atoms with E-state index in [1.165, 1.54) is 13.0 Å². The first-order valence-corrected chi connectivity index (χ1v) is 6.81. The molecule has 0 fully saturated rings. The number of carbonyl (C=O) groups is 1. The van der Waals surface area contributed by atoms with E-state index in [1.54, 1.807) is 12.1 Å². The zero-order valence-electron chi connectivity index (χ0n) is 9.81. The molecule has 0 aliphatic rings. The van der Waals surface area contributed by atoms with Crippen molar-refractivity contribution in [3.8, 4) is 0 Å². The van der Waals surface area contributed by atoms with E-state index in [0.29, 0.717) is 8.59 Å². The fraction of sp³-hybridized carbons (Fsp3) is 0.0714. The van der Waals surface area contributed by atoms with Crippen LogP contribution < -0.4 is 0 Å². The van der Waals surface area contributed by atoms with Gasteiger partial charge in [0.1, 0.15) is 11.6 Å². The standard InChI is InChI=1S/C14H8ClF2IO/c1-7-4-12(17)9(6-11(7)16)14(19)10-5-8(15)2-3-13(10)18/h2-6H,1H3. The third kappa shape index (κ3) is 2.95. The highest BCUT2D eigenvalue weighted by Gasteiger charge is 2.18. The molecule has 0 aromatic heterocycles. The van der Waals surface area contributed by atoms with Crippen LogP contribution in [0.15, 0.2) is 30.3 Å². The molecule has 2 aromatic carbocycles. The minimum absolute atomic E-state index is 0.162. The summed E-state index contributed by atoms with van der Waals surface area (Å²) in [7, 11) is 0. The summed E-state index contributed by atoms with van der Waals surface area (Å²) < 4.78 is 27.9. The van der Waals surface area contributed by atoms with Gasteiger partial charge in [0.25, 0.3) is 0 Å². The van der Waals surface area contributed by atoms with E-state index in [2.05, 4.69) is 0 Å². The number of benzene rings is 2. The Morgan fingerprint density at radius 3 is 2.47 bits per heavy atom. The molecule has 2 aromatic rings. The van der Waals surface area contributed by atoms with Gasteiger partial charge in [-0.2, -0.15) is 0 Å². The van der Waals surface area contributed by atoms with Gasteiger partial charge in [-0.05, 0) is 65.4 Å². The zero-order valence-corrected chi connectivity index (χ0v) is 12.7. The van der Waals surface area contributed by atoms with Gasteiger partial charge in [0, 0.05) is 14.2 Å². The fourth-order valence-electron chi connectivity index (χ4n) is 1.64. The highest BCUT2D eigenvalue weighted by Crippen LogP contribution is 2.23. The molecule has 1 nitrogen and oxygen atoms in total. The van der Waals surface area contributed by atoms with Crippen molar-refractivity contribution in [3.05, 3.63) is 67.2 Å². The second-order valence-electron chi connectivity index (χ2n) is 4.03. The summed E-state index contributed by atoms with van der Waals surface area (Å²) in [6.45, 7) is 1.44. The highest BCUT2D eigenvalue weighted by molar-refractivity contribution is 14.1. The molecule has 0 amide bonds. The first-order chi connectivity index (χ1) is 8.90. The van der Waals surface area contributed by atoms with Gasteiger partial charge in [0.15, 0.2) is 5.78 Å². The molecule has 19 heavy (non-hydrogen) atoms. The van der Waals surface area contributed by atoms with E-state index in [0.717, 1.165) is 12.1 Å². The Bertz CT molecular complexity index is 671. The van der Waals surface area contributed by atoms with Gasteiger partial charge < -0.3 is 0 Å². The molecule has 0 spiro atoms. The molecule has 0 heterocycles. The van der Waals surface area contributed by atoms with Crippen molar-refractivity contribution < 1.29 is 13.6 Å². The van der Waals surface area contributed by atoms with Gasteiger partial charge in [-0.15, -0.1) is 0 Å². The molecule has 0 saturated heterocycles. The van der Waals surface area contributed by atoms with Gasteiger partial charge in [0.05, 0.1) is 5.56 Å². The molecular weight excluding hydrogens is 385 g/mol. The van der Waals surface area contributed by atoms with Crippen LogP contribution in [0.3, 0.4) is 0 Å². The van der Waals surface area contributed by atoms with Crippen molar-refractivity contribution in [2.24, 2.45) is 0 Å². The summed E-state index contributed by atoms with van der Waals surface area (Å²) in [4.78, 5) is 12.2. The number of rotatable bonds is 2. The molecule has 0 N–H and O–H groups in total. The summed E-state index contributed by atoms with van der Waals surface area (Å²) in [5.74, 6) is -1.93. The Morgan fingerprint density at radius 1 is 1.11 bits per heavy atom. The van der Waals surface area contributed by atoms with Crippen molar-refractivity contribution in [2.45, 2.75) is 6.92 Å². The maximum atomic E-state index is 13.8. The van der Waals surface area contributed by atoms with Crippen molar-refractivity contribution >= 4 is 40.0 Å². The molecule has 0 radical (unpaired) electrons. The second-order valence-corrected chi connectivity index (χ2v) is 5.63. The lowest BCUT2D eigenvalue weighted by Gasteiger charge is -2.07. The monoisotopic (exact) mass is 392 g/mol. The van der Waals surface area contributed by atoms with Gasteiger partial charge in [-0.1, -0.05) is 11.6 Å². The summed E-state index contributed by atoms with van der Waals surface area (Å²) in [5.41, 5.74) is 0.133. The SMILES string of the molecule is Cc1cc(F)c(C(=O)c2cc(Cl)ccc2I)cc1F. The Balaban J connectivity index is 2.56. The van der Waals surface area contributed by atoms with Crippen molar-refractivity contribution in [1.29, 1.82) is 0 Å². The van der Waals surface area contributed by atoms with E-state index >= 15 is 0 Å². The predicted molar refractivity (Wildman–Crippen MR) is 78.7 cm³/mol. The second kappa shape index (κ2) is 5.54. The van der Waals surface area contributed by atoms with Crippen molar-refractivity contribution in [2.75, 3.05) is 0 Å². The first-order valence-electron chi connectivity index (χ1n) is 5.35. The smallest absolute Gasteiger partial charge is 0.197 e. The van der Waals surface area contributed by atoms with Gasteiger partial charge >= 0.3 is 0 Å². The van der Waals surface area contributed by atoms with Crippen molar-refractivity contribution in [3.63, 3.8) is 0 Å². The number of hydrogen-bond donors (Lipinski definition) is 0. The lowest BCUT2D eigenvalue weighted by molar-refractivity contribution is 0.103. The van der Waals surface area contributed by atoms with E-state index in [1.807, 2.05) is 22.6 Å². The van der Waals surface area contributed by atoms with Crippen LogP contribution in [0.1, 0.15) is 21.5 Å². The maximum Gasteiger partial charge on any atom is 0.197 e. The van der Waals surface area contributed by atoms with Crippen molar-refractivity contribution in [1.82, 2.24) is 0 Å². The minimum Gasteiger partial charge on any atom is -0.288 e. The average molecular weight is 393 g/mol. The molecule has 0 atom stereocenters. The third-order valence-electron chi connectivity index (χ3n) is 2.67. The predicted octanol–water partition coefficient (Wildman–Crippen LogP) is 4.76. The van der Waals surface area contributed by atoms with Gasteiger partial charge in [-0.25, -0.2) is 8.78 Å². The maximum absolute atomic E-state index is 13.8. The number of halogens is 4. The normalized spacial score (nSPS) is 10.6. The molecule has 2 rings (SSSR count). The number of aryl methyl sites for hydroxylation is 1. The summed E-state index contributed by atoms with van der Waals surface area (Å²) in [5, 5.41) is 0.372. The Hall–Kier alpha value is -1.01.